The quantitative estimate of drug-likeness (QED) is 0.374. The molecule has 0 fully saturated rings. The molecule has 0 aliphatic rings. The van der Waals surface area contributed by atoms with Gasteiger partial charge in [0.25, 0.3) is 15.9 Å². The standard InChI is InChI=1S/C24H25N3O5S/c1-25(2)18-24(28)27(33(30,31)22-12-10-21(32-3)11-13-22)23-7-5-4-6-20(23)9-8-19-14-16-26(29)17-15-19/h4-17H,18H2,1-3H3. The van der Waals surface area contributed by atoms with Crippen molar-refractivity contribution in [2.75, 3.05) is 32.1 Å². The number of aromatic nitrogens is 1. The SMILES string of the molecule is COc1ccc(S(=O)(=O)N(C(=O)CN(C)C)c2ccccc2C=Cc2cc[n+]([O-])cc2)cc1. The number of nitrogens with zero attached hydrogens (tertiary/aromatic N) is 3. The molecule has 0 saturated heterocycles. The van der Waals surface area contributed by atoms with Crippen LogP contribution in [-0.2, 0) is 14.8 Å². The van der Waals surface area contributed by atoms with Crippen LogP contribution < -0.4 is 13.8 Å². The lowest BCUT2D eigenvalue weighted by atomic mass is 10.1. The van der Waals surface area contributed by atoms with Crippen molar-refractivity contribution >= 4 is 33.8 Å². The fraction of sp³-hybridized carbons (Fsp3) is 0.167. The first-order chi connectivity index (χ1) is 15.7. The van der Waals surface area contributed by atoms with Gasteiger partial charge in [-0.1, -0.05) is 30.4 Å². The predicted octanol–water partition coefficient (Wildman–Crippen LogP) is 2.78. The van der Waals surface area contributed by atoms with Gasteiger partial charge in [-0.15, -0.1) is 0 Å². The van der Waals surface area contributed by atoms with Crippen LogP contribution in [0.2, 0.25) is 0 Å². The molecule has 3 aromatic rings. The Labute approximate surface area is 193 Å². The Kier molecular flexibility index (Phi) is 7.47. The molecule has 3 rings (SSSR count). The lowest BCUT2D eigenvalue weighted by Gasteiger charge is -2.25. The number of benzene rings is 2. The second-order valence-electron chi connectivity index (χ2n) is 7.46. The fourth-order valence-electron chi connectivity index (χ4n) is 3.12. The van der Waals surface area contributed by atoms with E-state index >= 15 is 0 Å². The van der Waals surface area contributed by atoms with Crippen LogP contribution in [0.5, 0.6) is 5.75 Å². The number of amides is 1. The van der Waals surface area contributed by atoms with E-state index in [0.29, 0.717) is 16.0 Å². The zero-order chi connectivity index (χ0) is 24.0. The minimum atomic E-state index is -4.21. The largest absolute Gasteiger partial charge is 0.619 e. The first-order valence-electron chi connectivity index (χ1n) is 10.1. The molecule has 0 aliphatic heterocycles. The smallest absolute Gasteiger partial charge is 0.270 e. The number of rotatable bonds is 8. The molecule has 172 valence electrons. The maximum absolute atomic E-state index is 13.6. The summed E-state index contributed by atoms with van der Waals surface area (Å²) in [7, 11) is 0.664. The first kappa shape index (κ1) is 24.0. The third kappa shape index (κ3) is 5.76. The number of ether oxygens (including phenoxy) is 1. The number of pyridine rings is 1. The summed E-state index contributed by atoms with van der Waals surface area (Å²) in [5, 5.41) is 11.3. The molecule has 0 radical (unpaired) electrons. The number of methoxy groups -OCH3 is 1. The Hall–Kier alpha value is -3.69. The highest BCUT2D eigenvalue weighted by atomic mass is 32.2. The molecule has 0 bridgehead atoms. The van der Waals surface area contributed by atoms with Gasteiger partial charge in [-0.05, 0) is 55.6 Å². The third-order valence-electron chi connectivity index (χ3n) is 4.71. The average molecular weight is 468 g/mol. The second kappa shape index (κ2) is 10.3. The Bertz CT molecular complexity index is 1240. The van der Waals surface area contributed by atoms with Gasteiger partial charge in [0.1, 0.15) is 5.75 Å². The molecule has 1 amide bonds. The molecule has 0 aliphatic carbocycles. The molecule has 0 unspecified atom stereocenters. The summed E-state index contributed by atoms with van der Waals surface area (Å²) in [6.07, 6.45) is 6.19. The van der Waals surface area contributed by atoms with Crippen LogP contribution in [0, 0.1) is 5.21 Å². The van der Waals surface area contributed by atoms with E-state index in [-0.39, 0.29) is 17.1 Å². The molecular formula is C24H25N3O5S. The summed E-state index contributed by atoms with van der Waals surface area (Å²) < 4.78 is 33.8. The van der Waals surface area contributed by atoms with Crippen LogP contribution in [0.25, 0.3) is 12.2 Å². The van der Waals surface area contributed by atoms with E-state index in [1.54, 1.807) is 67.5 Å². The fourth-order valence-corrected chi connectivity index (χ4v) is 4.56. The van der Waals surface area contributed by atoms with Crippen molar-refractivity contribution in [3.05, 3.63) is 89.4 Å². The molecule has 0 spiro atoms. The van der Waals surface area contributed by atoms with Gasteiger partial charge >= 0.3 is 0 Å². The molecule has 9 heteroatoms. The second-order valence-corrected chi connectivity index (χ2v) is 9.25. The van der Waals surface area contributed by atoms with Gasteiger partial charge in [0.15, 0.2) is 12.4 Å². The summed E-state index contributed by atoms with van der Waals surface area (Å²) in [6, 6.07) is 15.9. The van der Waals surface area contributed by atoms with Crippen LogP contribution in [0.4, 0.5) is 5.69 Å². The summed E-state index contributed by atoms with van der Waals surface area (Å²) in [4.78, 5) is 14.8. The summed E-state index contributed by atoms with van der Waals surface area (Å²) in [5.74, 6) is -0.0884. The lowest BCUT2D eigenvalue weighted by molar-refractivity contribution is -0.605. The van der Waals surface area contributed by atoms with Crippen LogP contribution >= 0.6 is 0 Å². The van der Waals surface area contributed by atoms with E-state index in [1.165, 1.54) is 43.8 Å². The average Bonchev–Trinajstić information content (AvgIpc) is 2.79. The third-order valence-corrected chi connectivity index (χ3v) is 6.46. The number of hydrogen-bond acceptors (Lipinski definition) is 6. The molecule has 33 heavy (non-hydrogen) atoms. The van der Waals surface area contributed by atoms with Gasteiger partial charge in [0.05, 0.1) is 24.2 Å². The van der Waals surface area contributed by atoms with Gasteiger partial charge in [-0.25, -0.2) is 12.7 Å². The van der Waals surface area contributed by atoms with Crippen molar-refractivity contribution in [1.82, 2.24) is 4.90 Å². The van der Waals surface area contributed by atoms with Crippen LogP contribution in [0.15, 0.2) is 78.0 Å². The van der Waals surface area contributed by atoms with E-state index in [9.17, 15) is 18.4 Å². The molecule has 1 aromatic heterocycles. The van der Waals surface area contributed by atoms with Crippen LogP contribution in [0.3, 0.4) is 0 Å². The van der Waals surface area contributed by atoms with Crippen molar-refractivity contribution < 1.29 is 22.7 Å². The molecule has 2 aromatic carbocycles. The lowest BCUT2D eigenvalue weighted by Crippen LogP contribution is -2.42. The Morgan fingerprint density at radius 2 is 1.64 bits per heavy atom. The number of para-hydroxylation sites is 1. The van der Waals surface area contributed by atoms with E-state index in [2.05, 4.69) is 0 Å². The van der Waals surface area contributed by atoms with Crippen molar-refractivity contribution in [2.45, 2.75) is 4.90 Å². The number of hydrogen-bond donors (Lipinski definition) is 0. The Morgan fingerprint density at radius 1 is 1.00 bits per heavy atom. The molecule has 0 N–H and O–H groups in total. The molecule has 0 atom stereocenters. The minimum Gasteiger partial charge on any atom is -0.619 e. The Morgan fingerprint density at radius 3 is 2.24 bits per heavy atom. The monoisotopic (exact) mass is 467 g/mol. The summed E-state index contributed by atoms with van der Waals surface area (Å²) in [6.45, 7) is -0.102. The summed E-state index contributed by atoms with van der Waals surface area (Å²) >= 11 is 0. The Balaban J connectivity index is 2.09. The predicted molar refractivity (Wildman–Crippen MR) is 127 cm³/mol. The number of anilines is 1. The highest BCUT2D eigenvalue weighted by Gasteiger charge is 2.32. The van der Waals surface area contributed by atoms with Crippen molar-refractivity contribution in [2.24, 2.45) is 0 Å². The topological polar surface area (TPSA) is 93.9 Å². The number of likely N-dealkylation sites (N-methyl/N-ethyl adjacent to an activating group) is 1. The van der Waals surface area contributed by atoms with E-state index in [1.807, 2.05) is 0 Å². The molecule has 0 saturated carbocycles. The van der Waals surface area contributed by atoms with Gasteiger partial charge in [-0.3, -0.25) is 4.79 Å². The maximum Gasteiger partial charge on any atom is 0.270 e. The van der Waals surface area contributed by atoms with Crippen molar-refractivity contribution in [1.29, 1.82) is 0 Å². The van der Waals surface area contributed by atoms with Gasteiger partial charge in [-0.2, -0.15) is 4.73 Å². The number of sulfonamides is 1. The van der Waals surface area contributed by atoms with Crippen LogP contribution in [0.1, 0.15) is 11.1 Å². The minimum absolute atomic E-state index is 0.0303. The van der Waals surface area contributed by atoms with Crippen LogP contribution in [-0.4, -0.2) is 47.0 Å². The molecule has 1 heterocycles. The number of carbonyl (C=O) groups excluding carboxylic acids is 1. The number of carbonyl (C=O) groups is 1. The highest BCUT2D eigenvalue weighted by molar-refractivity contribution is 7.93. The van der Waals surface area contributed by atoms with Gasteiger partial charge < -0.3 is 14.8 Å². The highest BCUT2D eigenvalue weighted by Crippen LogP contribution is 2.29. The van der Waals surface area contributed by atoms with Crippen molar-refractivity contribution in [3.8, 4) is 5.75 Å². The van der Waals surface area contributed by atoms with E-state index < -0.39 is 15.9 Å². The first-order valence-corrected chi connectivity index (χ1v) is 11.5. The van der Waals surface area contributed by atoms with Crippen molar-refractivity contribution in [3.63, 3.8) is 0 Å². The van der Waals surface area contributed by atoms with Gasteiger partial charge in [0.2, 0.25) is 0 Å². The zero-order valence-electron chi connectivity index (χ0n) is 18.6. The normalized spacial score (nSPS) is 11.6. The van der Waals surface area contributed by atoms with Gasteiger partial charge in [0, 0.05) is 12.1 Å². The van der Waals surface area contributed by atoms with E-state index in [4.69, 9.17) is 4.74 Å². The van der Waals surface area contributed by atoms with E-state index in [0.717, 1.165) is 9.87 Å². The molecular weight excluding hydrogens is 442 g/mol. The summed E-state index contributed by atoms with van der Waals surface area (Å²) in [5.41, 5.74) is 1.51. The maximum atomic E-state index is 13.6. The zero-order valence-corrected chi connectivity index (χ0v) is 19.4. The molecule has 8 nitrogen and oxygen atoms in total.